The van der Waals surface area contributed by atoms with Gasteiger partial charge in [0, 0.05) is 12.3 Å². The summed E-state index contributed by atoms with van der Waals surface area (Å²) in [5.41, 5.74) is 0.319. The Morgan fingerprint density at radius 1 is 1.69 bits per heavy atom. The van der Waals surface area contributed by atoms with E-state index in [2.05, 4.69) is 6.92 Å². The van der Waals surface area contributed by atoms with Gasteiger partial charge in [-0.3, -0.25) is 0 Å². The Bertz CT molecular complexity index is 263. The molecule has 1 N–H and O–H groups in total. The van der Waals surface area contributed by atoms with Crippen molar-refractivity contribution in [2.45, 2.75) is 26.7 Å². The van der Waals surface area contributed by atoms with Crippen LogP contribution < -0.4 is 0 Å². The van der Waals surface area contributed by atoms with Crippen molar-refractivity contribution < 1.29 is 14.6 Å². The molecule has 0 radical (unpaired) electrons. The first-order chi connectivity index (χ1) is 6.15. The zero-order chi connectivity index (χ0) is 9.84. The molecule has 1 aliphatic heterocycles. The van der Waals surface area contributed by atoms with E-state index >= 15 is 0 Å². The summed E-state index contributed by atoms with van der Waals surface area (Å²) in [6, 6.07) is 0. The summed E-state index contributed by atoms with van der Waals surface area (Å²) >= 11 is 0. The minimum absolute atomic E-state index is 0.0483. The second kappa shape index (κ2) is 4.12. The zero-order valence-electron chi connectivity index (χ0n) is 7.91. The number of rotatable bonds is 3. The summed E-state index contributed by atoms with van der Waals surface area (Å²) in [6.07, 6.45) is 5.09. The number of hydrogen-bond donors (Lipinski definition) is 1. The topological polar surface area (TPSA) is 46.5 Å². The van der Waals surface area contributed by atoms with Crippen LogP contribution >= 0.6 is 0 Å². The van der Waals surface area contributed by atoms with Gasteiger partial charge in [0.2, 0.25) is 0 Å². The first-order valence-electron chi connectivity index (χ1n) is 4.45. The van der Waals surface area contributed by atoms with Crippen LogP contribution in [-0.2, 0) is 9.53 Å². The van der Waals surface area contributed by atoms with Gasteiger partial charge >= 0.3 is 5.97 Å². The molecule has 0 spiro atoms. The molecule has 13 heavy (non-hydrogen) atoms. The third-order valence-corrected chi connectivity index (χ3v) is 2.01. The average molecular weight is 182 g/mol. The molecule has 72 valence electrons. The molecular weight excluding hydrogens is 168 g/mol. The Morgan fingerprint density at radius 3 is 2.85 bits per heavy atom. The fourth-order valence-corrected chi connectivity index (χ4v) is 1.29. The van der Waals surface area contributed by atoms with Gasteiger partial charge in [-0.1, -0.05) is 13.8 Å². The Labute approximate surface area is 77.7 Å². The fourth-order valence-electron chi connectivity index (χ4n) is 1.29. The van der Waals surface area contributed by atoms with Crippen molar-refractivity contribution in [3.05, 3.63) is 23.7 Å². The summed E-state index contributed by atoms with van der Waals surface area (Å²) < 4.78 is 5.18. The number of carboxylic acid groups (broad SMARTS) is 1. The predicted molar refractivity (Wildman–Crippen MR) is 49.0 cm³/mol. The van der Waals surface area contributed by atoms with Crippen molar-refractivity contribution >= 4 is 5.97 Å². The smallest absolute Gasteiger partial charge is 0.335 e. The van der Waals surface area contributed by atoms with Gasteiger partial charge in [0.15, 0.2) is 0 Å². The van der Waals surface area contributed by atoms with Gasteiger partial charge in [0.1, 0.15) is 6.26 Å². The molecular formula is C10H14O3. The molecule has 1 rings (SSSR count). The van der Waals surface area contributed by atoms with E-state index in [4.69, 9.17) is 9.84 Å². The van der Waals surface area contributed by atoms with Crippen LogP contribution in [-0.4, -0.2) is 11.1 Å². The van der Waals surface area contributed by atoms with Crippen LogP contribution in [0.25, 0.3) is 0 Å². The lowest BCUT2D eigenvalue weighted by Gasteiger charge is -2.16. The monoisotopic (exact) mass is 182 g/mol. The van der Waals surface area contributed by atoms with Gasteiger partial charge in [-0.15, -0.1) is 0 Å². The zero-order valence-corrected chi connectivity index (χ0v) is 7.91. The Hall–Kier alpha value is -1.25. The van der Waals surface area contributed by atoms with E-state index in [1.807, 2.05) is 13.0 Å². The highest BCUT2D eigenvalue weighted by Gasteiger charge is 2.19. The number of hydrogen-bond acceptors (Lipinski definition) is 2. The summed E-state index contributed by atoms with van der Waals surface area (Å²) in [5.74, 6) is -0.0768. The molecule has 0 fully saturated rings. The quantitative estimate of drug-likeness (QED) is 0.728. The normalized spacial score (nSPS) is 21.5. The standard InChI is InChI=1S/C10H14O3/c1-3-4-8-5-7(2)9(6-13-8)10(11)12/h5-7H,3-4H2,1-2H3,(H,11,12). The van der Waals surface area contributed by atoms with E-state index in [1.165, 1.54) is 6.26 Å². The first-order valence-corrected chi connectivity index (χ1v) is 4.45. The van der Waals surface area contributed by atoms with Crippen LogP contribution in [0.15, 0.2) is 23.7 Å². The minimum Gasteiger partial charge on any atom is -0.478 e. The van der Waals surface area contributed by atoms with Crippen LogP contribution in [0, 0.1) is 5.92 Å². The van der Waals surface area contributed by atoms with E-state index in [-0.39, 0.29) is 5.92 Å². The van der Waals surface area contributed by atoms with Crippen LogP contribution in [0.4, 0.5) is 0 Å². The molecule has 0 amide bonds. The van der Waals surface area contributed by atoms with Gasteiger partial charge in [-0.25, -0.2) is 4.79 Å². The minimum atomic E-state index is -0.903. The Balaban J connectivity index is 2.67. The van der Waals surface area contributed by atoms with Crippen molar-refractivity contribution in [3.8, 4) is 0 Å². The predicted octanol–water partition coefficient (Wildman–Crippen LogP) is 2.31. The van der Waals surface area contributed by atoms with Gasteiger partial charge in [0.05, 0.1) is 11.3 Å². The van der Waals surface area contributed by atoms with Crippen LogP contribution in [0.5, 0.6) is 0 Å². The maximum absolute atomic E-state index is 10.7. The molecule has 0 bridgehead atoms. The number of allylic oxidation sites excluding steroid dienone is 2. The van der Waals surface area contributed by atoms with Gasteiger partial charge in [-0.05, 0) is 12.5 Å². The number of aliphatic carboxylic acids is 1. The third-order valence-electron chi connectivity index (χ3n) is 2.01. The molecule has 3 nitrogen and oxygen atoms in total. The van der Waals surface area contributed by atoms with E-state index < -0.39 is 5.97 Å². The Kier molecular flexibility index (Phi) is 3.12. The van der Waals surface area contributed by atoms with E-state index in [0.717, 1.165) is 18.6 Å². The van der Waals surface area contributed by atoms with Crippen LogP contribution in [0.3, 0.4) is 0 Å². The van der Waals surface area contributed by atoms with Crippen LogP contribution in [0.1, 0.15) is 26.7 Å². The van der Waals surface area contributed by atoms with Crippen molar-refractivity contribution in [3.63, 3.8) is 0 Å². The maximum atomic E-state index is 10.7. The number of ether oxygens (including phenoxy) is 1. The summed E-state index contributed by atoms with van der Waals surface area (Å²) in [5, 5.41) is 8.75. The van der Waals surface area contributed by atoms with Gasteiger partial charge in [-0.2, -0.15) is 0 Å². The molecule has 1 atom stereocenters. The fraction of sp³-hybridized carbons (Fsp3) is 0.500. The average Bonchev–Trinajstić information content (AvgIpc) is 2.04. The first kappa shape index (κ1) is 9.84. The SMILES string of the molecule is CCCC1=CC(C)C(C(=O)O)=CO1. The highest BCUT2D eigenvalue weighted by atomic mass is 16.5. The number of carboxylic acids is 1. The molecule has 0 aromatic heterocycles. The highest BCUT2D eigenvalue weighted by molar-refractivity contribution is 5.87. The second-order valence-electron chi connectivity index (χ2n) is 3.17. The summed E-state index contributed by atoms with van der Waals surface area (Å²) in [6.45, 7) is 3.92. The molecule has 0 saturated carbocycles. The lowest BCUT2D eigenvalue weighted by Crippen LogP contribution is -2.12. The molecule has 0 aliphatic carbocycles. The van der Waals surface area contributed by atoms with E-state index in [1.54, 1.807) is 0 Å². The molecule has 1 heterocycles. The second-order valence-corrected chi connectivity index (χ2v) is 3.17. The lowest BCUT2D eigenvalue weighted by molar-refractivity contribution is -0.133. The van der Waals surface area contributed by atoms with E-state index in [9.17, 15) is 4.79 Å². The van der Waals surface area contributed by atoms with Crippen molar-refractivity contribution in [2.24, 2.45) is 5.92 Å². The maximum Gasteiger partial charge on any atom is 0.335 e. The largest absolute Gasteiger partial charge is 0.478 e. The van der Waals surface area contributed by atoms with Gasteiger partial charge < -0.3 is 9.84 Å². The van der Waals surface area contributed by atoms with Gasteiger partial charge in [0.25, 0.3) is 0 Å². The summed E-state index contributed by atoms with van der Waals surface area (Å²) in [7, 11) is 0. The van der Waals surface area contributed by atoms with Crippen molar-refractivity contribution in [1.82, 2.24) is 0 Å². The molecule has 3 heteroatoms. The van der Waals surface area contributed by atoms with E-state index in [0.29, 0.717) is 5.57 Å². The lowest BCUT2D eigenvalue weighted by atomic mass is 9.99. The van der Waals surface area contributed by atoms with Crippen LogP contribution in [0.2, 0.25) is 0 Å². The van der Waals surface area contributed by atoms with Crippen molar-refractivity contribution in [1.29, 1.82) is 0 Å². The third kappa shape index (κ3) is 2.34. The molecule has 0 aromatic carbocycles. The highest BCUT2D eigenvalue weighted by Crippen LogP contribution is 2.23. The Morgan fingerprint density at radius 2 is 2.38 bits per heavy atom. The molecule has 0 aromatic rings. The molecule has 0 saturated heterocycles. The summed E-state index contributed by atoms with van der Waals surface area (Å²) in [4.78, 5) is 10.7. The van der Waals surface area contributed by atoms with Crippen molar-refractivity contribution in [2.75, 3.05) is 0 Å². The number of carbonyl (C=O) groups is 1. The molecule has 1 unspecified atom stereocenters. The molecule has 1 aliphatic rings.